The number of benzene rings is 2. The van der Waals surface area contributed by atoms with Crippen LogP contribution < -0.4 is 9.62 Å². The van der Waals surface area contributed by atoms with Crippen LogP contribution in [0.5, 0.6) is 0 Å². The van der Waals surface area contributed by atoms with Gasteiger partial charge in [0.25, 0.3) is 5.91 Å². The van der Waals surface area contributed by atoms with Crippen LogP contribution in [0.3, 0.4) is 0 Å². The summed E-state index contributed by atoms with van der Waals surface area (Å²) in [5.74, 6) is -0.381. The van der Waals surface area contributed by atoms with Crippen molar-refractivity contribution in [2.45, 2.75) is 0 Å². The summed E-state index contributed by atoms with van der Waals surface area (Å²) in [6.07, 6.45) is 0. The third-order valence-corrected chi connectivity index (χ3v) is 6.15. The van der Waals surface area contributed by atoms with Gasteiger partial charge in [-0.2, -0.15) is 12.7 Å². The lowest BCUT2D eigenvalue weighted by molar-refractivity contribution is 0.102. The van der Waals surface area contributed by atoms with Gasteiger partial charge in [-0.1, -0.05) is 29.3 Å². The van der Waals surface area contributed by atoms with Crippen molar-refractivity contribution in [3.8, 4) is 0 Å². The molecule has 0 atom stereocenters. The summed E-state index contributed by atoms with van der Waals surface area (Å²) in [4.78, 5) is 12.3. The molecule has 2 rings (SSSR count). The minimum atomic E-state index is -3.59. The molecule has 0 aliphatic rings. The first-order valence-corrected chi connectivity index (χ1v) is 9.31. The Balaban J connectivity index is 2.19. The van der Waals surface area contributed by atoms with Crippen molar-refractivity contribution in [1.29, 1.82) is 0 Å². The second-order valence-electron chi connectivity index (χ2n) is 5.36. The highest BCUT2D eigenvalue weighted by Crippen LogP contribution is 2.30. The van der Waals surface area contributed by atoms with Gasteiger partial charge in [0.15, 0.2) is 0 Å². The lowest BCUT2D eigenvalue weighted by Gasteiger charge is -2.23. The minimum Gasteiger partial charge on any atom is -0.321 e. The Hall–Kier alpha value is -1.80. The number of hydrogen-bond acceptors (Lipinski definition) is 3. The Kier molecular flexibility index (Phi) is 5.95. The van der Waals surface area contributed by atoms with Gasteiger partial charge < -0.3 is 5.32 Å². The number of anilines is 2. The molecule has 0 saturated carbocycles. The average Bonchev–Trinajstić information content (AvgIpc) is 2.58. The Morgan fingerprint density at radius 1 is 1.00 bits per heavy atom. The van der Waals surface area contributed by atoms with Gasteiger partial charge in [-0.15, -0.1) is 0 Å². The molecule has 1 amide bonds. The Morgan fingerprint density at radius 3 is 2.16 bits per heavy atom. The van der Waals surface area contributed by atoms with Crippen LogP contribution in [0.1, 0.15) is 10.4 Å². The maximum Gasteiger partial charge on any atom is 0.303 e. The predicted molar refractivity (Wildman–Crippen MR) is 102 cm³/mol. The summed E-state index contributed by atoms with van der Waals surface area (Å²) in [6.45, 7) is 0. The van der Waals surface area contributed by atoms with Gasteiger partial charge in [0.2, 0.25) is 0 Å². The molecule has 0 aliphatic carbocycles. The van der Waals surface area contributed by atoms with E-state index in [4.69, 9.17) is 23.2 Å². The molecule has 0 aliphatic heterocycles. The quantitative estimate of drug-likeness (QED) is 0.833. The summed E-state index contributed by atoms with van der Waals surface area (Å²) >= 11 is 12.0. The number of nitrogens with one attached hydrogen (secondary N) is 1. The first-order chi connectivity index (χ1) is 11.6. The van der Waals surface area contributed by atoms with Gasteiger partial charge in [-0.3, -0.25) is 9.10 Å². The molecule has 6 nitrogen and oxygen atoms in total. The van der Waals surface area contributed by atoms with Crippen molar-refractivity contribution in [3.05, 3.63) is 58.1 Å². The van der Waals surface area contributed by atoms with Gasteiger partial charge in [0.05, 0.1) is 21.4 Å². The second kappa shape index (κ2) is 7.61. The van der Waals surface area contributed by atoms with Crippen molar-refractivity contribution in [1.82, 2.24) is 4.31 Å². The van der Waals surface area contributed by atoms with Gasteiger partial charge in [0.1, 0.15) is 0 Å². The molecule has 2 aromatic rings. The summed E-state index contributed by atoms with van der Waals surface area (Å²) in [7, 11) is 0.746. The van der Waals surface area contributed by atoms with Crippen LogP contribution in [0.25, 0.3) is 0 Å². The van der Waals surface area contributed by atoms with Crippen LogP contribution in [0, 0.1) is 0 Å². The number of hydrogen-bond donors (Lipinski definition) is 1. The lowest BCUT2D eigenvalue weighted by atomic mass is 10.2. The van der Waals surface area contributed by atoms with Gasteiger partial charge in [-0.25, -0.2) is 0 Å². The zero-order chi connectivity index (χ0) is 18.8. The SMILES string of the molecule is CN(C)S(=O)(=O)N(C)c1ccc(C(=O)Nc2cccc(Cl)c2Cl)cc1. The largest absolute Gasteiger partial charge is 0.321 e. The molecular weight excluding hydrogens is 385 g/mol. The third-order valence-electron chi connectivity index (χ3n) is 3.50. The van der Waals surface area contributed by atoms with Crippen molar-refractivity contribution in [2.75, 3.05) is 30.8 Å². The standard InChI is InChI=1S/C16H17Cl2N3O3S/c1-20(2)25(23,24)21(3)12-9-7-11(8-10-12)16(22)19-14-6-4-5-13(17)15(14)18/h4-10H,1-3H3,(H,19,22). The highest BCUT2D eigenvalue weighted by molar-refractivity contribution is 7.90. The normalized spacial score (nSPS) is 11.4. The number of halogens is 2. The number of carbonyl (C=O) groups is 1. The fourth-order valence-electron chi connectivity index (χ4n) is 2.00. The zero-order valence-corrected chi connectivity index (χ0v) is 16.2. The zero-order valence-electron chi connectivity index (χ0n) is 13.8. The topological polar surface area (TPSA) is 69.7 Å². The smallest absolute Gasteiger partial charge is 0.303 e. The van der Waals surface area contributed by atoms with E-state index in [1.807, 2.05) is 0 Å². The Morgan fingerprint density at radius 2 is 1.60 bits per heavy atom. The number of rotatable bonds is 5. The van der Waals surface area contributed by atoms with Gasteiger partial charge in [0, 0.05) is 26.7 Å². The van der Waals surface area contributed by atoms with E-state index in [9.17, 15) is 13.2 Å². The molecule has 0 fully saturated rings. The first kappa shape index (κ1) is 19.5. The highest BCUT2D eigenvalue weighted by Gasteiger charge is 2.21. The molecule has 0 radical (unpaired) electrons. The average molecular weight is 402 g/mol. The summed E-state index contributed by atoms with van der Waals surface area (Å²) in [5.41, 5.74) is 1.19. The predicted octanol–water partition coefficient (Wildman–Crippen LogP) is 3.49. The highest BCUT2D eigenvalue weighted by atomic mass is 35.5. The molecule has 0 bridgehead atoms. The fraction of sp³-hybridized carbons (Fsp3) is 0.188. The number of amides is 1. The van der Waals surface area contributed by atoms with Crippen LogP contribution in [-0.4, -0.2) is 39.8 Å². The van der Waals surface area contributed by atoms with E-state index in [2.05, 4.69) is 5.32 Å². The maximum absolute atomic E-state index is 12.3. The summed E-state index contributed by atoms with van der Waals surface area (Å²) < 4.78 is 26.4. The van der Waals surface area contributed by atoms with E-state index in [0.717, 1.165) is 8.61 Å². The second-order valence-corrected chi connectivity index (χ2v) is 8.32. The van der Waals surface area contributed by atoms with E-state index in [1.165, 1.54) is 33.3 Å². The van der Waals surface area contributed by atoms with Crippen molar-refractivity contribution < 1.29 is 13.2 Å². The molecule has 134 valence electrons. The lowest BCUT2D eigenvalue weighted by Crippen LogP contribution is -2.37. The van der Waals surface area contributed by atoms with Crippen molar-refractivity contribution in [2.24, 2.45) is 0 Å². The molecule has 0 heterocycles. The fourth-order valence-corrected chi connectivity index (χ4v) is 3.22. The van der Waals surface area contributed by atoms with Crippen LogP contribution in [0.15, 0.2) is 42.5 Å². The summed E-state index contributed by atoms with van der Waals surface area (Å²) in [5, 5.41) is 3.26. The van der Waals surface area contributed by atoms with Crippen LogP contribution >= 0.6 is 23.2 Å². The van der Waals surface area contributed by atoms with Crippen molar-refractivity contribution in [3.63, 3.8) is 0 Å². The van der Waals surface area contributed by atoms with E-state index in [1.54, 1.807) is 30.3 Å². The molecule has 1 N–H and O–H groups in total. The molecule has 9 heteroatoms. The molecular formula is C16H17Cl2N3O3S. The van der Waals surface area contributed by atoms with Crippen molar-refractivity contribution >= 4 is 50.7 Å². The molecule has 0 unspecified atom stereocenters. The molecule has 0 aromatic heterocycles. The third kappa shape index (κ3) is 4.24. The van der Waals surface area contributed by atoms with E-state index >= 15 is 0 Å². The maximum atomic E-state index is 12.3. The molecule has 2 aromatic carbocycles. The minimum absolute atomic E-state index is 0.256. The van der Waals surface area contributed by atoms with E-state index in [-0.39, 0.29) is 10.9 Å². The number of nitrogens with zero attached hydrogens (tertiary/aromatic N) is 2. The van der Waals surface area contributed by atoms with Crippen LogP contribution in [0.4, 0.5) is 11.4 Å². The van der Waals surface area contributed by atoms with E-state index < -0.39 is 10.2 Å². The van der Waals surface area contributed by atoms with Crippen LogP contribution in [-0.2, 0) is 10.2 Å². The van der Waals surface area contributed by atoms with Gasteiger partial charge >= 0.3 is 10.2 Å². The van der Waals surface area contributed by atoms with E-state index in [0.29, 0.717) is 22.0 Å². The number of carbonyl (C=O) groups excluding carboxylic acids is 1. The monoisotopic (exact) mass is 401 g/mol. The molecule has 25 heavy (non-hydrogen) atoms. The summed E-state index contributed by atoms with van der Waals surface area (Å²) in [6, 6.07) is 11.1. The van der Waals surface area contributed by atoms with Gasteiger partial charge in [-0.05, 0) is 36.4 Å². The molecule has 0 spiro atoms. The Labute approximate surface area is 157 Å². The first-order valence-electron chi connectivity index (χ1n) is 7.16. The molecule has 0 saturated heterocycles. The van der Waals surface area contributed by atoms with Crippen LogP contribution in [0.2, 0.25) is 10.0 Å². The Bertz CT molecular complexity index is 884.